The normalized spacial score (nSPS) is 17.4. The minimum atomic E-state index is -1.48. The molecule has 0 aliphatic carbocycles. The zero-order valence-electron chi connectivity index (χ0n) is 8.07. The Morgan fingerprint density at radius 2 is 2.13 bits per heavy atom. The first-order valence-electron chi connectivity index (χ1n) is 4.05. The van der Waals surface area contributed by atoms with Gasteiger partial charge in [0.2, 0.25) is 0 Å². The number of nitrogens with one attached hydrogen (secondary N) is 1. The second kappa shape index (κ2) is 7.97. The third kappa shape index (κ3) is 6.03. The van der Waals surface area contributed by atoms with Crippen LogP contribution in [0, 0.1) is 0 Å². The Morgan fingerprint density at radius 3 is 2.60 bits per heavy atom. The summed E-state index contributed by atoms with van der Waals surface area (Å²) in [6.45, 7) is -0.636. The van der Waals surface area contributed by atoms with Gasteiger partial charge in [-0.3, -0.25) is 5.43 Å². The Balaban J connectivity index is 4.00. The quantitative estimate of drug-likeness (QED) is 0.226. The van der Waals surface area contributed by atoms with Gasteiger partial charge in [0, 0.05) is 0 Å². The van der Waals surface area contributed by atoms with E-state index < -0.39 is 24.9 Å². The van der Waals surface area contributed by atoms with Crippen LogP contribution in [0.25, 0.3) is 0 Å². The van der Waals surface area contributed by atoms with Crippen molar-refractivity contribution < 1.29 is 20.4 Å². The predicted molar refractivity (Wildman–Crippen MR) is 62.8 cm³/mol. The average Bonchev–Trinajstić information content (AvgIpc) is 2.26. The van der Waals surface area contributed by atoms with Crippen LogP contribution in [0.15, 0.2) is 5.10 Å². The molecule has 0 unspecified atom stereocenters. The number of hydrogen-bond acceptors (Lipinski definition) is 7. The van der Waals surface area contributed by atoms with Gasteiger partial charge in [0.1, 0.15) is 18.3 Å². The molecule has 0 fully saturated rings. The van der Waals surface area contributed by atoms with Gasteiger partial charge in [0.25, 0.3) is 0 Å². The molecule has 0 bridgehead atoms. The smallest absolute Gasteiger partial charge is 0.153 e. The monoisotopic (exact) mass is 254 g/mol. The zero-order valence-corrected chi connectivity index (χ0v) is 9.70. The number of aliphatic hydroxyl groups is 4. The predicted octanol–water partition coefficient (Wildman–Crippen LogP) is -1.72. The molecule has 6 nitrogen and oxygen atoms in total. The SMILES string of the molecule is CSC(=S)N/N=C/[C@H](O)[C@@H](O)[C@@H](O)CO. The fraction of sp³-hybridized carbons (Fsp3) is 0.714. The standard InChI is InChI=1S/C7H14N2O4S2/c1-15-7(14)9-8-2-4(11)6(13)5(12)3-10/h2,4-6,10-13H,3H2,1H3,(H,9,14)/b8-2+/t4-,5-,6+/m0/s1. The van der Waals surface area contributed by atoms with Crippen molar-refractivity contribution in [1.82, 2.24) is 5.43 Å². The molecular formula is C7H14N2O4S2. The summed E-state index contributed by atoms with van der Waals surface area (Å²) in [6.07, 6.45) is -1.51. The Morgan fingerprint density at radius 1 is 1.53 bits per heavy atom. The number of hydrogen-bond donors (Lipinski definition) is 5. The van der Waals surface area contributed by atoms with Gasteiger partial charge in [-0.1, -0.05) is 24.0 Å². The second-order valence-electron chi connectivity index (χ2n) is 2.61. The van der Waals surface area contributed by atoms with E-state index in [9.17, 15) is 10.2 Å². The van der Waals surface area contributed by atoms with Crippen LogP contribution in [0.4, 0.5) is 0 Å². The summed E-state index contributed by atoms with van der Waals surface area (Å²) in [5, 5.41) is 39.5. The van der Waals surface area contributed by atoms with E-state index in [1.54, 1.807) is 6.26 Å². The first kappa shape index (κ1) is 14.8. The third-order valence-corrected chi connectivity index (χ3v) is 2.55. The van der Waals surface area contributed by atoms with Gasteiger partial charge in [-0.05, 0) is 6.26 Å². The first-order chi connectivity index (χ1) is 7.02. The molecule has 0 aromatic rings. The van der Waals surface area contributed by atoms with Crippen LogP contribution in [0.5, 0.6) is 0 Å². The second-order valence-corrected chi connectivity index (χ2v) is 4.10. The van der Waals surface area contributed by atoms with Gasteiger partial charge >= 0.3 is 0 Å². The number of aliphatic hydroxyl groups excluding tert-OH is 4. The van der Waals surface area contributed by atoms with Gasteiger partial charge in [-0.15, -0.1) is 0 Å². The van der Waals surface area contributed by atoms with Gasteiger partial charge < -0.3 is 20.4 Å². The average molecular weight is 254 g/mol. The number of rotatable bonds is 5. The molecule has 0 rings (SSSR count). The summed E-state index contributed by atoms with van der Waals surface area (Å²) >= 11 is 6.02. The van der Waals surface area contributed by atoms with Crippen molar-refractivity contribution in [1.29, 1.82) is 0 Å². The molecule has 3 atom stereocenters. The van der Waals surface area contributed by atoms with E-state index in [2.05, 4.69) is 10.5 Å². The minimum Gasteiger partial charge on any atom is -0.394 e. The Hall–Kier alpha value is -0.250. The lowest BCUT2D eigenvalue weighted by molar-refractivity contribution is -0.0542. The lowest BCUT2D eigenvalue weighted by Gasteiger charge is -2.17. The van der Waals surface area contributed by atoms with Crippen molar-refractivity contribution in [3.63, 3.8) is 0 Å². The van der Waals surface area contributed by atoms with Crippen molar-refractivity contribution in [2.24, 2.45) is 5.10 Å². The maximum Gasteiger partial charge on any atom is 0.153 e. The lowest BCUT2D eigenvalue weighted by Crippen LogP contribution is -2.40. The summed E-state index contributed by atoms with van der Waals surface area (Å²) in [5.74, 6) is 0. The number of thiocarbonyl (C=S) groups is 1. The zero-order chi connectivity index (χ0) is 11.8. The summed E-state index contributed by atoms with van der Waals surface area (Å²) in [6, 6.07) is 0. The number of nitrogens with zero attached hydrogens (tertiary/aromatic N) is 1. The van der Waals surface area contributed by atoms with Crippen LogP contribution in [0.2, 0.25) is 0 Å². The van der Waals surface area contributed by atoms with Gasteiger partial charge in [-0.25, -0.2) is 0 Å². The van der Waals surface area contributed by atoms with E-state index >= 15 is 0 Å². The number of hydrazone groups is 1. The largest absolute Gasteiger partial charge is 0.394 e. The molecule has 8 heteroatoms. The summed E-state index contributed by atoms with van der Waals surface area (Å²) < 4.78 is 0.413. The van der Waals surface area contributed by atoms with E-state index in [1.807, 2.05) is 0 Å². The van der Waals surface area contributed by atoms with Gasteiger partial charge in [0.15, 0.2) is 4.32 Å². The summed E-state index contributed by atoms with van der Waals surface area (Å²) in [7, 11) is 0. The Kier molecular flexibility index (Phi) is 7.83. The highest BCUT2D eigenvalue weighted by molar-refractivity contribution is 8.22. The molecule has 88 valence electrons. The molecule has 0 saturated heterocycles. The van der Waals surface area contributed by atoms with E-state index in [1.165, 1.54) is 11.8 Å². The van der Waals surface area contributed by atoms with E-state index in [-0.39, 0.29) is 0 Å². The van der Waals surface area contributed by atoms with Crippen molar-refractivity contribution in [3.8, 4) is 0 Å². The van der Waals surface area contributed by atoms with Gasteiger partial charge in [-0.2, -0.15) is 5.10 Å². The molecular weight excluding hydrogens is 240 g/mol. The molecule has 15 heavy (non-hydrogen) atoms. The topological polar surface area (TPSA) is 105 Å². The van der Waals surface area contributed by atoms with Crippen LogP contribution in [-0.4, -0.2) is 62.1 Å². The Labute approximate surface area is 97.0 Å². The molecule has 0 radical (unpaired) electrons. The Bertz CT molecular complexity index is 227. The van der Waals surface area contributed by atoms with Crippen molar-refractivity contribution >= 4 is 34.5 Å². The highest BCUT2D eigenvalue weighted by Crippen LogP contribution is 1.98. The molecule has 0 aliphatic heterocycles. The molecule has 0 aromatic heterocycles. The third-order valence-electron chi connectivity index (χ3n) is 1.50. The summed E-state index contributed by atoms with van der Waals surface area (Å²) in [4.78, 5) is 0. The van der Waals surface area contributed by atoms with E-state index in [4.69, 9.17) is 22.4 Å². The fourth-order valence-electron chi connectivity index (χ4n) is 0.636. The highest BCUT2D eigenvalue weighted by Gasteiger charge is 2.22. The molecule has 0 aliphatic rings. The maximum atomic E-state index is 9.24. The minimum absolute atomic E-state index is 0.413. The molecule has 0 spiro atoms. The molecule has 0 saturated carbocycles. The first-order valence-corrected chi connectivity index (χ1v) is 5.68. The van der Waals surface area contributed by atoms with Crippen LogP contribution in [-0.2, 0) is 0 Å². The van der Waals surface area contributed by atoms with E-state index in [0.29, 0.717) is 4.32 Å². The van der Waals surface area contributed by atoms with Crippen LogP contribution in [0.3, 0.4) is 0 Å². The van der Waals surface area contributed by atoms with Crippen LogP contribution >= 0.6 is 24.0 Å². The van der Waals surface area contributed by atoms with Crippen molar-refractivity contribution in [3.05, 3.63) is 0 Å². The molecule has 0 heterocycles. The van der Waals surface area contributed by atoms with Gasteiger partial charge in [0.05, 0.1) is 12.8 Å². The molecule has 5 N–H and O–H groups in total. The highest BCUT2D eigenvalue weighted by atomic mass is 32.2. The molecule has 0 aromatic carbocycles. The summed E-state index contributed by atoms with van der Waals surface area (Å²) in [5.41, 5.74) is 2.42. The van der Waals surface area contributed by atoms with E-state index in [0.717, 1.165) is 6.21 Å². The van der Waals surface area contributed by atoms with Crippen LogP contribution in [0.1, 0.15) is 0 Å². The van der Waals surface area contributed by atoms with Crippen molar-refractivity contribution in [2.45, 2.75) is 18.3 Å². The maximum absolute atomic E-state index is 9.24. The van der Waals surface area contributed by atoms with Crippen LogP contribution < -0.4 is 5.43 Å². The fourth-order valence-corrected chi connectivity index (χ4v) is 0.832. The molecule has 0 amide bonds. The van der Waals surface area contributed by atoms with Crippen molar-refractivity contribution in [2.75, 3.05) is 12.9 Å². The lowest BCUT2D eigenvalue weighted by atomic mass is 10.1. The number of thioether (sulfide) groups is 1.